The predicted molar refractivity (Wildman–Crippen MR) is 68.8 cm³/mol. The highest BCUT2D eigenvalue weighted by Gasteiger charge is 2.22. The smallest absolute Gasteiger partial charge is 0.254 e. The van der Waals surface area contributed by atoms with Gasteiger partial charge in [0.2, 0.25) is 0 Å². The van der Waals surface area contributed by atoms with Gasteiger partial charge >= 0.3 is 0 Å². The maximum Gasteiger partial charge on any atom is 0.254 e. The van der Waals surface area contributed by atoms with Gasteiger partial charge in [0.25, 0.3) is 5.91 Å². The van der Waals surface area contributed by atoms with Gasteiger partial charge < -0.3 is 10.6 Å². The highest BCUT2D eigenvalue weighted by atomic mass is 19.2. The molecule has 1 saturated heterocycles. The Morgan fingerprint density at radius 1 is 1.47 bits per heavy atom. The molecule has 0 aliphatic carbocycles. The third kappa shape index (κ3) is 3.29. The van der Waals surface area contributed by atoms with E-state index in [0.29, 0.717) is 18.4 Å². The Bertz CT molecular complexity index is 465. The van der Waals surface area contributed by atoms with E-state index in [0.717, 1.165) is 25.6 Å². The summed E-state index contributed by atoms with van der Waals surface area (Å²) in [5, 5.41) is 5.95. The van der Waals surface area contributed by atoms with Crippen LogP contribution in [0.15, 0.2) is 18.2 Å². The number of hydrogen-bond acceptors (Lipinski definition) is 2. The second-order valence-electron chi connectivity index (χ2n) is 5.04. The number of nitrogens with one attached hydrogen (secondary N) is 2. The molecule has 0 bridgehead atoms. The van der Waals surface area contributed by atoms with Crippen molar-refractivity contribution in [2.24, 2.45) is 11.8 Å². The fraction of sp³-hybridized carbons (Fsp3) is 0.500. The van der Waals surface area contributed by atoms with Gasteiger partial charge in [0.05, 0.1) is 5.56 Å². The van der Waals surface area contributed by atoms with Gasteiger partial charge in [-0.3, -0.25) is 4.79 Å². The summed E-state index contributed by atoms with van der Waals surface area (Å²) in [5.41, 5.74) is -0.239. The number of benzene rings is 1. The molecule has 5 heteroatoms. The largest absolute Gasteiger partial charge is 0.352 e. The normalized spacial score (nSPS) is 23.1. The van der Waals surface area contributed by atoms with E-state index in [4.69, 9.17) is 0 Å². The fourth-order valence-corrected chi connectivity index (χ4v) is 2.33. The molecule has 1 aromatic carbocycles. The maximum atomic E-state index is 13.4. The lowest BCUT2D eigenvalue weighted by molar-refractivity contribution is 0.0934. The molecule has 1 amide bonds. The van der Waals surface area contributed by atoms with E-state index in [-0.39, 0.29) is 5.56 Å². The molecule has 2 rings (SSSR count). The minimum atomic E-state index is -1.09. The Hall–Kier alpha value is -1.49. The minimum Gasteiger partial charge on any atom is -0.352 e. The van der Waals surface area contributed by atoms with Crippen molar-refractivity contribution in [3.05, 3.63) is 35.4 Å². The number of carbonyl (C=O) groups is 1. The quantitative estimate of drug-likeness (QED) is 0.879. The Balaban J connectivity index is 1.95. The highest BCUT2D eigenvalue weighted by molar-refractivity contribution is 5.94. The van der Waals surface area contributed by atoms with Crippen molar-refractivity contribution in [3.8, 4) is 0 Å². The van der Waals surface area contributed by atoms with Gasteiger partial charge in [-0.1, -0.05) is 13.0 Å². The summed E-state index contributed by atoms with van der Waals surface area (Å²) in [7, 11) is 0. The lowest BCUT2D eigenvalue weighted by Gasteiger charge is -2.29. The highest BCUT2D eigenvalue weighted by Crippen LogP contribution is 2.18. The molecule has 19 heavy (non-hydrogen) atoms. The van der Waals surface area contributed by atoms with Crippen LogP contribution in [0.2, 0.25) is 0 Å². The van der Waals surface area contributed by atoms with Crippen molar-refractivity contribution in [1.82, 2.24) is 10.6 Å². The Kier molecular flexibility index (Phi) is 4.47. The molecule has 104 valence electrons. The van der Waals surface area contributed by atoms with Crippen LogP contribution in [0.25, 0.3) is 0 Å². The summed E-state index contributed by atoms with van der Waals surface area (Å²) < 4.78 is 26.5. The van der Waals surface area contributed by atoms with E-state index >= 15 is 0 Å². The van der Waals surface area contributed by atoms with Crippen LogP contribution < -0.4 is 10.6 Å². The van der Waals surface area contributed by atoms with E-state index in [1.165, 1.54) is 12.1 Å². The molecule has 2 N–H and O–H groups in total. The van der Waals surface area contributed by atoms with Crippen LogP contribution in [-0.4, -0.2) is 25.5 Å². The van der Waals surface area contributed by atoms with E-state index < -0.39 is 17.5 Å². The SMILES string of the molecule is CC1CCNCC1CNC(=O)c1cccc(F)c1F. The molecule has 2 atom stereocenters. The van der Waals surface area contributed by atoms with Crippen molar-refractivity contribution >= 4 is 5.91 Å². The topological polar surface area (TPSA) is 41.1 Å². The van der Waals surface area contributed by atoms with Crippen LogP contribution in [-0.2, 0) is 0 Å². The molecule has 1 aromatic rings. The van der Waals surface area contributed by atoms with Gasteiger partial charge in [0, 0.05) is 6.54 Å². The molecule has 0 spiro atoms. The molecule has 1 heterocycles. The summed E-state index contributed by atoms with van der Waals surface area (Å²) >= 11 is 0. The number of rotatable bonds is 3. The Morgan fingerprint density at radius 2 is 2.26 bits per heavy atom. The number of piperidine rings is 1. The van der Waals surface area contributed by atoms with Gasteiger partial charge in [-0.25, -0.2) is 8.78 Å². The van der Waals surface area contributed by atoms with Crippen molar-refractivity contribution in [2.45, 2.75) is 13.3 Å². The van der Waals surface area contributed by atoms with Crippen molar-refractivity contribution in [2.75, 3.05) is 19.6 Å². The molecule has 0 aromatic heterocycles. The third-order valence-corrected chi connectivity index (χ3v) is 3.71. The first kappa shape index (κ1) is 13.9. The van der Waals surface area contributed by atoms with Gasteiger partial charge in [0.1, 0.15) is 0 Å². The fourth-order valence-electron chi connectivity index (χ4n) is 2.33. The summed E-state index contributed by atoms with van der Waals surface area (Å²) in [5.74, 6) is -1.81. The second kappa shape index (κ2) is 6.10. The van der Waals surface area contributed by atoms with Gasteiger partial charge in [0.15, 0.2) is 11.6 Å². The molecular formula is C14H18F2N2O. The summed E-state index contributed by atoms with van der Waals surface area (Å²) in [4.78, 5) is 11.8. The lowest BCUT2D eigenvalue weighted by Crippen LogP contribution is -2.42. The monoisotopic (exact) mass is 268 g/mol. The number of carbonyl (C=O) groups excluding carboxylic acids is 1. The van der Waals surface area contributed by atoms with E-state index in [2.05, 4.69) is 17.6 Å². The summed E-state index contributed by atoms with van der Waals surface area (Å²) in [6.45, 7) is 4.45. The van der Waals surface area contributed by atoms with E-state index in [1.54, 1.807) is 0 Å². The average molecular weight is 268 g/mol. The second-order valence-corrected chi connectivity index (χ2v) is 5.04. The van der Waals surface area contributed by atoms with E-state index in [9.17, 15) is 13.6 Å². The Morgan fingerprint density at radius 3 is 3.00 bits per heavy atom. The summed E-state index contributed by atoms with van der Waals surface area (Å²) in [6.07, 6.45) is 1.06. The zero-order valence-corrected chi connectivity index (χ0v) is 10.9. The first-order chi connectivity index (χ1) is 9.09. The van der Waals surface area contributed by atoms with Gasteiger partial charge in [-0.15, -0.1) is 0 Å². The van der Waals surface area contributed by atoms with Crippen molar-refractivity contribution in [3.63, 3.8) is 0 Å². The molecule has 2 unspecified atom stereocenters. The van der Waals surface area contributed by atoms with Gasteiger partial charge in [-0.05, 0) is 43.5 Å². The average Bonchev–Trinajstić information content (AvgIpc) is 2.40. The Labute approximate surface area is 111 Å². The molecular weight excluding hydrogens is 250 g/mol. The van der Waals surface area contributed by atoms with E-state index in [1.807, 2.05) is 0 Å². The molecule has 1 fully saturated rings. The zero-order valence-electron chi connectivity index (χ0n) is 10.9. The van der Waals surface area contributed by atoms with Crippen LogP contribution in [0.1, 0.15) is 23.7 Å². The molecule has 3 nitrogen and oxygen atoms in total. The molecule has 1 aliphatic rings. The van der Waals surface area contributed by atoms with Crippen molar-refractivity contribution in [1.29, 1.82) is 0 Å². The molecule has 0 radical (unpaired) electrons. The number of amides is 1. The first-order valence-corrected chi connectivity index (χ1v) is 6.52. The molecule has 0 saturated carbocycles. The van der Waals surface area contributed by atoms with Crippen LogP contribution >= 0.6 is 0 Å². The van der Waals surface area contributed by atoms with Gasteiger partial charge in [-0.2, -0.15) is 0 Å². The molecule has 1 aliphatic heterocycles. The lowest BCUT2D eigenvalue weighted by atomic mass is 9.88. The number of halogens is 2. The van der Waals surface area contributed by atoms with Crippen LogP contribution in [0.5, 0.6) is 0 Å². The predicted octanol–water partition coefficient (Wildman–Crippen LogP) is 1.94. The van der Waals surface area contributed by atoms with Crippen LogP contribution in [0, 0.1) is 23.5 Å². The van der Waals surface area contributed by atoms with Crippen LogP contribution in [0.4, 0.5) is 8.78 Å². The van der Waals surface area contributed by atoms with Crippen LogP contribution in [0.3, 0.4) is 0 Å². The summed E-state index contributed by atoms with van der Waals surface area (Å²) in [6, 6.07) is 3.62. The van der Waals surface area contributed by atoms with Crippen molar-refractivity contribution < 1.29 is 13.6 Å². The maximum absolute atomic E-state index is 13.4. The third-order valence-electron chi connectivity index (χ3n) is 3.71. The first-order valence-electron chi connectivity index (χ1n) is 6.52. The zero-order chi connectivity index (χ0) is 13.8. The minimum absolute atomic E-state index is 0.239. The standard InChI is InChI=1S/C14H18F2N2O/c1-9-5-6-17-7-10(9)8-18-14(19)11-3-2-4-12(15)13(11)16/h2-4,9-10,17H,5-8H2,1H3,(H,18,19). The number of hydrogen-bond donors (Lipinski definition) is 2.